The highest BCUT2D eigenvalue weighted by Gasteiger charge is 2.39. The van der Waals surface area contributed by atoms with E-state index in [0.29, 0.717) is 22.6 Å². The number of halogens is 2. The summed E-state index contributed by atoms with van der Waals surface area (Å²) in [5.41, 5.74) is 3.25. The normalized spacial score (nSPS) is 22.1. The first-order valence-corrected chi connectivity index (χ1v) is 11.2. The first-order valence-electron chi connectivity index (χ1n) is 10.5. The zero-order chi connectivity index (χ0) is 20.0. The molecule has 1 atom stereocenters. The van der Waals surface area contributed by atoms with Gasteiger partial charge in [0.15, 0.2) is 0 Å². The average molecular weight is 430 g/mol. The molecule has 1 saturated heterocycles. The van der Waals surface area contributed by atoms with Gasteiger partial charge in [-0.1, -0.05) is 35.3 Å². The Kier molecular flexibility index (Phi) is 5.19. The molecule has 0 spiro atoms. The summed E-state index contributed by atoms with van der Waals surface area (Å²) in [4.78, 5) is 20.4. The van der Waals surface area contributed by atoms with Crippen molar-refractivity contribution in [1.82, 2.24) is 4.90 Å². The highest BCUT2D eigenvalue weighted by atomic mass is 35.5. The second-order valence-electron chi connectivity index (χ2n) is 8.27. The summed E-state index contributed by atoms with van der Waals surface area (Å²) < 4.78 is 0. The summed E-state index contributed by atoms with van der Waals surface area (Å²) >= 11 is 12.5. The molecule has 3 aliphatic rings. The van der Waals surface area contributed by atoms with Crippen LogP contribution in [0, 0.1) is 0 Å². The van der Waals surface area contributed by atoms with Crippen LogP contribution < -0.4 is 9.80 Å². The van der Waals surface area contributed by atoms with Gasteiger partial charge in [-0.2, -0.15) is 0 Å². The molecule has 0 N–H and O–H groups in total. The summed E-state index contributed by atoms with van der Waals surface area (Å²) in [5, 5.41) is 1.38. The van der Waals surface area contributed by atoms with E-state index in [-0.39, 0.29) is 11.9 Å². The van der Waals surface area contributed by atoms with E-state index in [4.69, 9.17) is 23.2 Å². The number of hydrogen-bond donors (Lipinski definition) is 0. The molecule has 1 amide bonds. The van der Waals surface area contributed by atoms with Gasteiger partial charge >= 0.3 is 0 Å². The molecule has 1 aliphatic carbocycles. The second-order valence-corrected chi connectivity index (χ2v) is 9.11. The molecule has 2 aliphatic heterocycles. The molecule has 2 aromatic rings. The van der Waals surface area contributed by atoms with Crippen molar-refractivity contribution in [3.63, 3.8) is 0 Å². The SMILES string of the molecule is O=C([C@H]1CCCN1Cc1cc(Cl)ccc1Cl)N1CCN(C2CC2)c2ccccc21. The molecular formula is C23H25Cl2N3O. The van der Waals surface area contributed by atoms with E-state index in [1.54, 1.807) is 6.07 Å². The van der Waals surface area contributed by atoms with E-state index in [1.165, 1.54) is 18.5 Å². The van der Waals surface area contributed by atoms with Crippen LogP contribution in [-0.2, 0) is 11.3 Å². The van der Waals surface area contributed by atoms with Crippen molar-refractivity contribution in [3.8, 4) is 0 Å². The van der Waals surface area contributed by atoms with Crippen LogP contribution >= 0.6 is 23.2 Å². The lowest BCUT2D eigenvalue weighted by molar-refractivity contribution is -0.123. The molecule has 2 fully saturated rings. The van der Waals surface area contributed by atoms with E-state index in [2.05, 4.69) is 28.0 Å². The minimum atomic E-state index is -0.106. The number of para-hydroxylation sites is 2. The minimum Gasteiger partial charge on any atom is -0.365 e. The van der Waals surface area contributed by atoms with Crippen LogP contribution in [0.1, 0.15) is 31.2 Å². The van der Waals surface area contributed by atoms with Crippen molar-refractivity contribution >= 4 is 40.5 Å². The van der Waals surface area contributed by atoms with Crippen molar-refractivity contribution < 1.29 is 4.79 Å². The smallest absolute Gasteiger partial charge is 0.244 e. The van der Waals surface area contributed by atoms with E-state index >= 15 is 0 Å². The highest BCUT2D eigenvalue weighted by Crippen LogP contribution is 2.40. The summed E-state index contributed by atoms with van der Waals surface area (Å²) in [5.74, 6) is 0.212. The van der Waals surface area contributed by atoms with Gasteiger partial charge in [0.05, 0.1) is 17.4 Å². The van der Waals surface area contributed by atoms with Gasteiger partial charge in [0, 0.05) is 35.7 Å². The molecule has 0 radical (unpaired) electrons. The lowest BCUT2D eigenvalue weighted by Gasteiger charge is -2.40. The van der Waals surface area contributed by atoms with E-state index < -0.39 is 0 Å². The Balaban J connectivity index is 1.38. The fourth-order valence-corrected chi connectivity index (χ4v) is 5.11. The Labute approximate surface area is 182 Å². The van der Waals surface area contributed by atoms with Crippen LogP contribution in [0.25, 0.3) is 0 Å². The summed E-state index contributed by atoms with van der Waals surface area (Å²) in [7, 11) is 0. The Morgan fingerprint density at radius 2 is 1.76 bits per heavy atom. The number of hydrogen-bond acceptors (Lipinski definition) is 3. The third-order valence-corrected chi connectivity index (χ3v) is 6.93. The molecule has 152 valence electrons. The van der Waals surface area contributed by atoms with Gasteiger partial charge in [-0.25, -0.2) is 0 Å². The molecule has 5 rings (SSSR count). The molecule has 0 unspecified atom stereocenters. The van der Waals surface area contributed by atoms with Crippen LogP contribution in [-0.4, -0.2) is 42.5 Å². The predicted octanol–water partition coefficient (Wildman–Crippen LogP) is 4.97. The minimum absolute atomic E-state index is 0.106. The first-order chi connectivity index (χ1) is 14.1. The summed E-state index contributed by atoms with van der Waals surface area (Å²) in [6, 6.07) is 14.5. The van der Waals surface area contributed by atoms with Gasteiger partial charge in [0.2, 0.25) is 5.91 Å². The van der Waals surface area contributed by atoms with Crippen molar-refractivity contribution in [1.29, 1.82) is 0 Å². The van der Waals surface area contributed by atoms with Crippen LogP contribution in [0.3, 0.4) is 0 Å². The van der Waals surface area contributed by atoms with Crippen molar-refractivity contribution in [2.45, 2.75) is 44.3 Å². The van der Waals surface area contributed by atoms with Gasteiger partial charge in [0.1, 0.15) is 0 Å². The number of amides is 1. The fraction of sp³-hybridized carbons (Fsp3) is 0.435. The first kappa shape index (κ1) is 19.2. The van der Waals surface area contributed by atoms with Gasteiger partial charge in [-0.05, 0) is 68.1 Å². The second kappa shape index (κ2) is 7.82. The molecule has 1 saturated carbocycles. The lowest BCUT2D eigenvalue weighted by atomic mass is 10.1. The van der Waals surface area contributed by atoms with Crippen LogP contribution in [0.15, 0.2) is 42.5 Å². The van der Waals surface area contributed by atoms with Crippen LogP contribution in [0.4, 0.5) is 11.4 Å². The maximum absolute atomic E-state index is 13.6. The largest absolute Gasteiger partial charge is 0.365 e. The Morgan fingerprint density at radius 3 is 2.55 bits per heavy atom. The standard InChI is InChI=1S/C23H25Cl2N3O/c24-17-7-10-19(25)16(14-17)15-26-11-3-6-22(26)23(29)28-13-12-27(18-8-9-18)20-4-1-2-5-21(20)28/h1-2,4-5,7,10,14,18,22H,3,6,8-9,11-13,15H2/t22-/m1/s1. The number of carbonyl (C=O) groups excluding carboxylic acids is 1. The zero-order valence-corrected chi connectivity index (χ0v) is 17.9. The maximum Gasteiger partial charge on any atom is 0.244 e. The number of benzene rings is 2. The fourth-order valence-electron chi connectivity index (χ4n) is 4.74. The number of anilines is 2. The monoisotopic (exact) mass is 429 g/mol. The van der Waals surface area contributed by atoms with E-state index in [1.807, 2.05) is 23.1 Å². The summed E-state index contributed by atoms with van der Waals surface area (Å²) in [6.07, 6.45) is 4.44. The van der Waals surface area contributed by atoms with Crippen molar-refractivity contribution in [3.05, 3.63) is 58.1 Å². The molecule has 6 heteroatoms. The van der Waals surface area contributed by atoms with Gasteiger partial charge in [-0.3, -0.25) is 9.69 Å². The molecule has 2 aromatic carbocycles. The van der Waals surface area contributed by atoms with Gasteiger partial charge in [-0.15, -0.1) is 0 Å². The maximum atomic E-state index is 13.6. The molecule has 4 nitrogen and oxygen atoms in total. The predicted molar refractivity (Wildman–Crippen MR) is 119 cm³/mol. The van der Waals surface area contributed by atoms with Crippen LogP contribution in [0.5, 0.6) is 0 Å². The van der Waals surface area contributed by atoms with Crippen LogP contribution in [0.2, 0.25) is 10.0 Å². The highest BCUT2D eigenvalue weighted by molar-refractivity contribution is 6.33. The van der Waals surface area contributed by atoms with Crippen molar-refractivity contribution in [2.24, 2.45) is 0 Å². The van der Waals surface area contributed by atoms with Crippen molar-refractivity contribution in [2.75, 3.05) is 29.4 Å². The number of fused-ring (bicyclic) bond motifs is 1. The molecule has 0 aromatic heterocycles. The molecule has 0 bridgehead atoms. The third kappa shape index (κ3) is 3.74. The van der Waals surface area contributed by atoms with E-state index in [9.17, 15) is 4.79 Å². The Hall–Kier alpha value is -1.75. The third-order valence-electron chi connectivity index (χ3n) is 6.33. The lowest BCUT2D eigenvalue weighted by Crippen LogP contribution is -2.51. The molecular weight excluding hydrogens is 405 g/mol. The van der Waals surface area contributed by atoms with E-state index in [0.717, 1.165) is 43.7 Å². The quantitative estimate of drug-likeness (QED) is 0.685. The van der Waals surface area contributed by atoms with Gasteiger partial charge < -0.3 is 9.80 Å². The summed E-state index contributed by atoms with van der Waals surface area (Å²) in [6.45, 7) is 3.23. The zero-order valence-electron chi connectivity index (χ0n) is 16.4. The Morgan fingerprint density at radius 1 is 0.966 bits per heavy atom. The number of carbonyl (C=O) groups is 1. The topological polar surface area (TPSA) is 26.8 Å². The number of nitrogens with zero attached hydrogens (tertiary/aromatic N) is 3. The molecule has 29 heavy (non-hydrogen) atoms. The number of likely N-dealkylation sites (tertiary alicyclic amines) is 1. The Bertz CT molecular complexity index is 930. The van der Waals surface area contributed by atoms with Gasteiger partial charge in [0.25, 0.3) is 0 Å². The molecule has 2 heterocycles. The number of rotatable bonds is 4. The average Bonchev–Trinajstić information content (AvgIpc) is 3.48.